The standard InChI is InChI=1S/C17H22N2OS.2C2H6/c1-17-12-13(17)8-4-2-3-7-11-18-14-9-5-6-10-15(14)21-19-16(17)20;2*1-2/h4-6,8-10,13,18H,2-3,7,11-12H2,1H3,(H,19,20);2*1-2H3/b8-4-;;. The number of anilines is 1. The van der Waals surface area contributed by atoms with Crippen molar-refractivity contribution in [1.29, 1.82) is 0 Å². The van der Waals surface area contributed by atoms with Crippen LogP contribution in [0.2, 0.25) is 0 Å². The molecule has 4 heteroatoms. The summed E-state index contributed by atoms with van der Waals surface area (Å²) in [5, 5.41) is 3.47. The van der Waals surface area contributed by atoms with Gasteiger partial charge in [-0.2, -0.15) is 0 Å². The second-order valence-corrected chi connectivity index (χ2v) is 6.96. The first-order valence-corrected chi connectivity index (χ1v) is 10.5. The van der Waals surface area contributed by atoms with Gasteiger partial charge in [0.25, 0.3) is 0 Å². The van der Waals surface area contributed by atoms with E-state index in [0.717, 1.165) is 36.4 Å². The highest BCUT2D eigenvalue weighted by Gasteiger charge is 2.54. The highest BCUT2D eigenvalue weighted by Crippen LogP contribution is 2.53. The minimum atomic E-state index is -0.212. The van der Waals surface area contributed by atoms with Gasteiger partial charge in [0.2, 0.25) is 5.91 Å². The summed E-state index contributed by atoms with van der Waals surface area (Å²) in [4.78, 5) is 13.5. The van der Waals surface area contributed by atoms with Crippen LogP contribution in [0.5, 0.6) is 0 Å². The fourth-order valence-corrected chi connectivity index (χ4v) is 3.56. The van der Waals surface area contributed by atoms with Gasteiger partial charge in [0, 0.05) is 12.2 Å². The number of carbonyl (C=O) groups is 1. The molecule has 0 aromatic heterocycles. The molecule has 3 rings (SSSR count). The third-order valence-corrected chi connectivity index (χ3v) is 5.31. The van der Waals surface area contributed by atoms with Gasteiger partial charge >= 0.3 is 0 Å². The molecular weight excluding hydrogens is 328 g/mol. The summed E-state index contributed by atoms with van der Waals surface area (Å²) in [5.74, 6) is 0.559. The molecular formula is C21H34N2OS. The van der Waals surface area contributed by atoms with Gasteiger partial charge in [-0.25, -0.2) is 0 Å². The van der Waals surface area contributed by atoms with Crippen LogP contribution in [0.1, 0.15) is 60.3 Å². The number of rotatable bonds is 0. The average Bonchev–Trinajstić information content (AvgIpc) is 3.34. The van der Waals surface area contributed by atoms with Gasteiger partial charge in [-0.05, 0) is 55.7 Å². The molecule has 1 fully saturated rings. The molecule has 0 radical (unpaired) electrons. The molecule has 1 amide bonds. The number of nitrogens with one attached hydrogen (secondary N) is 2. The molecule has 0 bridgehead atoms. The highest BCUT2D eigenvalue weighted by atomic mass is 32.2. The minimum Gasteiger partial charge on any atom is -0.384 e. The number of hydrogen-bond donors (Lipinski definition) is 2. The molecule has 1 aliphatic carbocycles. The predicted octanol–water partition coefficient (Wildman–Crippen LogP) is 6.04. The minimum absolute atomic E-state index is 0.147. The summed E-state index contributed by atoms with van der Waals surface area (Å²) in [6.45, 7) is 11.0. The van der Waals surface area contributed by atoms with Crippen LogP contribution < -0.4 is 10.0 Å². The van der Waals surface area contributed by atoms with Crippen LogP contribution in [0.3, 0.4) is 0 Å². The Kier molecular flexibility index (Phi) is 9.73. The molecule has 1 aromatic rings. The van der Waals surface area contributed by atoms with E-state index < -0.39 is 0 Å². The Hall–Kier alpha value is -1.42. The van der Waals surface area contributed by atoms with E-state index in [4.69, 9.17) is 0 Å². The molecule has 1 aromatic carbocycles. The van der Waals surface area contributed by atoms with Crippen molar-refractivity contribution < 1.29 is 4.79 Å². The van der Waals surface area contributed by atoms with Crippen LogP contribution in [0.15, 0.2) is 41.3 Å². The second-order valence-electron chi connectivity index (χ2n) is 6.11. The summed E-state index contributed by atoms with van der Waals surface area (Å²) in [6.07, 6.45) is 8.90. The van der Waals surface area contributed by atoms with Crippen LogP contribution in [0.4, 0.5) is 5.69 Å². The topological polar surface area (TPSA) is 41.1 Å². The molecule has 1 aliphatic heterocycles. The van der Waals surface area contributed by atoms with Gasteiger partial charge in [-0.3, -0.25) is 9.52 Å². The van der Waals surface area contributed by atoms with Crippen molar-refractivity contribution in [3.05, 3.63) is 36.4 Å². The number of hydrogen-bond acceptors (Lipinski definition) is 3. The zero-order valence-corrected chi connectivity index (χ0v) is 17.2. The van der Waals surface area contributed by atoms with Crippen LogP contribution >= 0.6 is 11.9 Å². The van der Waals surface area contributed by atoms with E-state index in [1.807, 2.05) is 45.9 Å². The molecule has 1 saturated carbocycles. The maximum absolute atomic E-state index is 12.4. The van der Waals surface area contributed by atoms with Gasteiger partial charge in [0.05, 0.1) is 10.3 Å². The molecule has 2 unspecified atom stereocenters. The Balaban J connectivity index is 0.000000730. The van der Waals surface area contributed by atoms with Gasteiger partial charge in [0.1, 0.15) is 0 Å². The van der Waals surface area contributed by atoms with Crippen molar-refractivity contribution in [3.63, 3.8) is 0 Å². The molecule has 0 spiro atoms. The first-order chi connectivity index (χ1) is 12.2. The van der Waals surface area contributed by atoms with Crippen molar-refractivity contribution in [2.24, 2.45) is 11.3 Å². The lowest BCUT2D eigenvalue weighted by atomic mass is 10.1. The lowest BCUT2D eigenvalue weighted by Crippen LogP contribution is -2.26. The maximum Gasteiger partial charge on any atom is 0.236 e. The molecule has 140 valence electrons. The number of amides is 1. The van der Waals surface area contributed by atoms with E-state index in [0.29, 0.717) is 5.92 Å². The van der Waals surface area contributed by atoms with Gasteiger partial charge < -0.3 is 5.32 Å². The van der Waals surface area contributed by atoms with E-state index in [1.165, 1.54) is 18.4 Å². The van der Waals surface area contributed by atoms with Crippen LogP contribution in [-0.4, -0.2) is 12.5 Å². The first-order valence-electron chi connectivity index (χ1n) is 9.67. The van der Waals surface area contributed by atoms with Crippen molar-refractivity contribution in [1.82, 2.24) is 4.72 Å². The van der Waals surface area contributed by atoms with Crippen molar-refractivity contribution in [3.8, 4) is 0 Å². The van der Waals surface area contributed by atoms with Crippen molar-refractivity contribution in [2.45, 2.75) is 65.2 Å². The monoisotopic (exact) mass is 362 g/mol. The molecule has 3 nitrogen and oxygen atoms in total. The van der Waals surface area contributed by atoms with Gasteiger partial charge in [-0.15, -0.1) is 0 Å². The molecule has 1 heterocycles. The van der Waals surface area contributed by atoms with Gasteiger partial charge in [0.15, 0.2) is 0 Å². The Morgan fingerprint density at radius 1 is 1.12 bits per heavy atom. The van der Waals surface area contributed by atoms with E-state index in [9.17, 15) is 4.79 Å². The van der Waals surface area contributed by atoms with E-state index in [2.05, 4.69) is 35.2 Å². The smallest absolute Gasteiger partial charge is 0.236 e. The first kappa shape index (κ1) is 21.6. The number of benzene rings is 1. The zero-order chi connectivity index (χ0) is 18.7. The molecule has 2 N–H and O–H groups in total. The quantitative estimate of drug-likeness (QED) is 0.436. The van der Waals surface area contributed by atoms with Crippen LogP contribution in [-0.2, 0) is 4.79 Å². The van der Waals surface area contributed by atoms with Crippen LogP contribution in [0.25, 0.3) is 0 Å². The lowest BCUT2D eigenvalue weighted by molar-refractivity contribution is -0.124. The van der Waals surface area contributed by atoms with Crippen molar-refractivity contribution >= 4 is 23.5 Å². The fraction of sp³-hybridized carbons (Fsp3) is 0.571. The third-order valence-electron chi connectivity index (χ3n) is 4.44. The number of para-hydroxylation sites is 1. The fourth-order valence-electron chi connectivity index (χ4n) is 2.73. The Morgan fingerprint density at radius 3 is 2.60 bits per heavy atom. The SMILES string of the molecule is CC.CC.CC12CC1/C=C\CCCCNc1ccccc1SNC2=O. The Morgan fingerprint density at radius 2 is 1.84 bits per heavy atom. The summed E-state index contributed by atoms with van der Waals surface area (Å²) in [6, 6.07) is 8.15. The summed E-state index contributed by atoms with van der Waals surface area (Å²) >= 11 is 1.42. The molecule has 2 atom stereocenters. The largest absolute Gasteiger partial charge is 0.384 e. The summed E-state index contributed by atoms with van der Waals surface area (Å²) < 4.78 is 3.03. The number of carbonyl (C=O) groups excluding carboxylic acids is 1. The normalized spacial score (nSPS) is 26.4. The zero-order valence-electron chi connectivity index (χ0n) is 16.4. The lowest BCUT2D eigenvalue weighted by Gasteiger charge is -2.14. The van der Waals surface area contributed by atoms with E-state index >= 15 is 0 Å². The average molecular weight is 363 g/mol. The highest BCUT2D eigenvalue weighted by molar-refractivity contribution is 7.98. The Bertz CT molecular complexity index is 559. The molecule has 0 saturated heterocycles. The molecule has 25 heavy (non-hydrogen) atoms. The maximum atomic E-state index is 12.4. The van der Waals surface area contributed by atoms with Gasteiger partial charge in [-0.1, -0.05) is 58.9 Å². The Labute approximate surface area is 158 Å². The molecule has 2 aliphatic rings. The van der Waals surface area contributed by atoms with E-state index in [-0.39, 0.29) is 11.3 Å². The predicted molar refractivity (Wildman–Crippen MR) is 111 cm³/mol. The van der Waals surface area contributed by atoms with Crippen LogP contribution in [0, 0.1) is 11.3 Å². The summed E-state index contributed by atoms with van der Waals surface area (Å²) in [7, 11) is 0. The van der Waals surface area contributed by atoms with Crippen molar-refractivity contribution in [2.75, 3.05) is 11.9 Å². The van der Waals surface area contributed by atoms with E-state index in [1.54, 1.807) is 0 Å². The number of allylic oxidation sites excluding steroid dienone is 2. The summed E-state index contributed by atoms with van der Waals surface area (Å²) in [5.41, 5.74) is 0.892. The number of fused-ring (bicyclic) bond motifs is 2. The second kappa shape index (κ2) is 11.2. The third kappa shape index (κ3) is 6.10.